The van der Waals surface area contributed by atoms with Crippen LogP contribution in [0.2, 0.25) is 0 Å². The third kappa shape index (κ3) is 7.98. The predicted octanol–water partition coefficient (Wildman–Crippen LogP) is 4.97. The molecule has 1 aromatic carbocycles. The van der Waals surface area contributed by atoms with E-state index in [1.807, 2.05) is 31.2 Å². The number of hydrogen-bond donors (Lipinski definition) is 1. The molecule has 1 unspecified atom stereocenters. The fraction of sp³-hybridized carbons (Fsp3) is 0.708. The molecule has 1 atom stereocenters. The Morgan fingerprint density at radius 1 is 1.21 bits per heavy atom. The van der Waals surface area contributed by atoms with Gasteiger partial charge in [-0.1, -0.05) is 27.7 Å². The molecular formula is C24H40N2O3. The van der Waals surface area contributed by atoms with Gasteiger partial charge in [-0.05, 0) is 81.8 Å². The SMILES string of the molecule is CCCOC(C)(CC(C)C)C(=O)Nc1ccc(OCCN2CCC(C)CC2)cc1. The standard InChI is InChI=1S/C24H40N2O3/c1-6-16-29-24(5,18-19(2)3)23(27)25-21-7-9-22(10-8-21)28-17-15-26-13-11-20(4)12-14-26/h7-10,19-20H,6,11-18H2,1-5H3,(H,25,27). The Morgan fingerprint density at radius 2 is 1.86 bits per heavy atom. The first kappa shape index (κ1) is 23.7. The maximum Gasteiger partial charge on any atom is 0.256 e. The van der Waals surface area contributed by atoms with Crippen LogP contribution in [0.25, 0.3) is 0 Å². The lowest BCUT2D eigenvalue weighted by Gasteiger charge is -2.30. The first-order valence-corrected chi connectivity index (χ1v) is 11.2. The molecule has 1 fully saturated rings. The Kier molecular flexibility index (Phi) is 9.44. The minimum absolute atomic E-state index is 0.0901. The number of anilines is 1. The number of hydrogen-bond acceptors (Lipinski definition) is 4. The van der Waals surface area contributed by atoms with Gasteiger partial charge in [-0.2, -0.15) is 0 Å². The molecule has 0 saturated carbocycles. The van der Waals surface area contributed by atoms with Crippen LogP contribution in [0.5, 0.6) is 5.75 Å². The van der Waals surface area contributed by atoms with Crippen molar-refractivity contribution >= 4 is 11.6 Å². The summed E-state index contributed by atoms with van der Waals surface area (Å²) in [7, 11) is 0. The van der Waals surface area contributed by atoms with Crippen molar-refractivity contribution in [2.75, 3.05) is 38.2 Å². The number of rotatable bonds is 11. The molecule has 0 bridgehead atoms. The van der Waals surface area contributed by atoms with Gasteiger partial charge in [-0.3, -0.25) is 9.69 Å². The van der Waals surface area contributed by atoms with Crippen LogP contribution in [0.1, 0.15) is 60.3 Å². The Balaban J connectivity index is 1.82. The van der Waals surface area contributed by atoms with E-state index in [0.29, 0.717) is 25.6 Å². The number of likely N-dealkylation sites (tertiary alicyclic amines) is 1. The van der Waals surface area contributed by atoms with Crippen molar-refractivity contribution in [3.8, 4) is 5.75 Å². The molecule has 0 spiro atoms. The van der Waals surface area contributed by atoms with Gasteiger partial charge in [-0.25, -0.2) is 0 Å². The highest BCUT2D eigenvalue weighted by Crippen LogP contribution is 2.24. The van der Waals surface area contributed by atoms with Crippen LogP contribution in [0.3, 0.4) is 0 Å². The fourth-order valence-corrected chi connectivity index (χ4v) is 3.80. The highest BCUT2D eigenvalue weighted by Gasteiger charge is 2.34. The van der Waals surface area contributed by atoms with Crippen molar-refractivity contribution in [1.29, 1.82) is 0 Å². The molecule has 1 N–H and O–H groups in total. The number of ether oxygens (including phenoxy) is 2. The third-order valence-corrected chi connectivity index (χ3v) is 5.57. The second kappa shape index (κ2) is 11.6. The molecule has 1 aromatic rings. The summed E-state index contributed by atoms with van der Waals surface area (Å²) in [5.41, 5.74) is -0.0480. The quantitative estimate of drug-likeness (QED) is 0.566. The third-order valence-electron chi connectivity index (χ3n) is 5.57. The number of piperidine rings is 1. The van der Waals surface area contributed by atoms with Gasteiger partial charge in [0, 0.05) is 18.8 Å². The van der Waals surface area contributed by atoms with Gasteiger partial charge in [0.2, 0.25) is 0 Å². The van der Waals surface area contributed by atoms with Crippen LogP contribution in [-0.4, -0.2) is 49.3 Å². The van der Waals surface area contributed by atoms with Crippen molar-refractivity contribution in [3.63, 3.8) is 0 Å². The Morgan fingerprint density at radius 3 is 2.45 bits per heavy atom. The lowest BCUT2D eigenvalue weighted by molar-refractivity contribution is -0.141. The second-order valence-corrected chi connectivity index (χ2v) is 9.03. The first-order chi connectivity index (χ1) is 13.8. The summed E-state index contributed by atoms with van der Waals surface area (Å²) in [5.74, 6) is 1.97. The van der Waals surface area contributed by atoms with Crippen molar-refractivity contribution in [2.24, 2.45) is 11.8 Å². The monoisotopic (exact) mass is 404 g/mol. The highest BCUT2D eigenvalue weighted by molar-refractivity contribution is 5.97. The summed E-state index contributed by atoms with van der Waals surface area (Å²) < 4.78 is 11.8. The number of carbonyl (C=O) groups excluding carboxylic acids is 1. The minimum atomic E-state index is -0.814. The molecular weight excluding hydrogens is 364 g/mol. The number of nitrogens with zero attached hydrogens (tertiary/aromatic N) is 1. The van der Waals surface area contributed by atoms with Gasteiger partial charge >= 0.3 is 0 Å². The van der Waals surface area contributed by atoms with Crippen LogP contribution in [-0.2, 0) is 9.53 Å². The van der Waals surface area contributed by atoms with Gasteiger partial charge in [0.25, 0.3) is 5.91 Å². The van der Waals surface area contributed by atoms with Crippen molar-refractivity contribution in [2.45, 2.75) is 65.9 Å². The van der Waals surface area contributed by atoms with Crippen LogP contribution >= 0.6 is 0 Å². The second-order valence-electron chi connectivity index (χ2n) is 9.03. The van der Waals surface area contributed by atoms with Gasteiger partial charge in [0.1, 0.15) is 18.0 Å². The normalized spacial score (nSPS) is 17.9. The maximum absolute atomic E-state index is 12.9. The van der Waals surface area contributed by atoms with Gasteiger partial charge < -0.3 is 14.8 Å². The maximum atomic E-state index is 12.9. The molecule has 1 aliphatic rings. The summed E-state index contributed by atoms with van der Waals surface area (Å²) in [5, 5.41) is 3.01. The lowest BCUT2D eigenvalue weighted by atomic mass is 9.93. The predicted molar refractivity (Wildman–Crippen MR) is 120 cm³/mol. The van der Waals surface area contributed by atoms with Crippen molar-refractivity contribution < 1.29 is 14.3 Å². The van der Waals surface area contributed by atoms with Crippen LogP contribution in [0.4, 0.5) is 5.69 Å². The zero-order valence-corrected chi connectivity index (χ0v) is 19.0. The molecule has 1 amide bonds. The van der Waals surface area contributed by atoms with Crippen LogP contribution in [0.15, 0.2) is 24.3 Å². The van der Waals surface area contributed by atoms with E-state index in [4.69, 9.17) is 9.47 Å². The number of carbonyl (C=O) groups is 1. The minimum Gasteiger partial charge on any atom is -0.492 e. The molecule has 164 valence electrons. The van der Waals surface area contributed by atoms with E-state index in [1.165, 1.54) is 25.9 Å². The summed E-state index contributed by atoms with van der Waals surface area (Å²) in [4.78, 5) is 15.3. The zero-order chi connectivity index (χ0) is 21.3. The van der Waals surface area contributed by atoms with E-state index >= 15 is 0 Å². The molecule has 5 nitrogen and oxygen atoms in total. The topological polar surface area (TPSA) is 50.8 Å². The van der Waals surface area contributed by atoms with Crippen LogP contribution in [0, 0.1) is 11.8 Å². The molecule has 1 saturated heterocycles. The van der Waals surface area contributed by atoms with Crippen molar-refractivity contribution in [1.82, 2.24) is 4.90 Å². The van der Waals surface area contributed by atoms with E-state index in [-0.39, 0.29) is 5.91 Å². The van der Waals surface area contributed by atoms with E-state index in [1.54, 1.807) is 0 Å². The molecule has 29 heavy (non-hydrogen) atoms. The Bertz CT molecular complexity index is 609. The van der Waals surface area contributed by atoms with E-state index in [9.17, 15) is 4.79 Å². The van der Waals surface area contributed by atoms with Crippen LogP contribution < -0.4 is 10.1 Å². The first-order valence-electron chi connectivity index (χ1n) is 11.2. The van der Waals surface area contributed by atoms with Gasteiger partial charge in [0.15, 0.2) is 0 Å². The summed E-state index contributed by atoms with van der Waals surface area (Å²) in [6.07, 6.45) is 4.15. The van der Waals surface area contributed by atoms with Gasteiger partial charge in [0.05, 0.1) is 0 Å². The summed E-state index contributed by atoms with van der Waals surface area (Å²) in [6, 6.07) is 7.62. The zero-order valence-electron chi connectivity index (χ0n) is 19.0. The molecule has 0 aromatic heterocycles. The highest BCUT2D eigenvalue weighted by atomic mass is 16.5. The largest absolute Gasteiger partial charge is 0.492 e. The Labute approximate surface area is 177 Å². The lowest BCUT2D eigenvalue weighted by Crippen LogP contribution is -2.44. The van der Waals surface area contributed by atoms with E-state index < -0.39 is 5.60 Å². The van der Waals surface area contributed by atoms with Crippen molar-refractivity contribution in [3.05, 3.63) is 24.3 Å². The Hall–Kier alpha value is -1.59. The smallest absolute Gasteiger partial charge is 0.256 e. The summed E-state index contributed by atoms with van der Waals surface area (Å²) in [6.45, 7) is 15.1. The summed E-state index contributed by atoms with van der Waals surface area (Å²) >= 11 is 0. The average molecular weight is 405 g/mol. The number of benzene rings is 1. The van der Waals surface area contributed by atoms with E-state index in [0.717, 1.165) is 30.3 Å². The molecule has 1 heterocycles. The molecule has 0 radical (unpaired) electrons. The molecule has 5 heteroatoms. The molecule has 1 aliphatic heterocycles. The molecule has 0 aliphatic carbocycles. The fourth-order valence-electron chi connectivity index (χ4n) is 3.80. The average Bonchev–Trinajstić information content (AvgIpc) is 2.68. The van der Waals surface area contributed by atoms with Gasteiger partial charge in [-0.15, -0.1) is 0 Å². The number of amides is 1. The number of nitrogens with one attached hydrogen (secondary N) is 1. The van der Waals surface area contributed by atoms with E-state index in [2.05, 4.69) is 37.9 Å². The molecule has 2 rings (SSSR count).